The Labute approximate surface area is 207 Å². The number of benzene rings is 3. The molecule has 0 heterocycles. The first-order chi connectivity index (χ1) is 12.4. The van der Waals surface area contributed by atoms with E-state index in [0.717, 1.165) is 6.42 Å². The Morgan fingerprint density at radius 1 is 0.552 bits per heavy atom. The molecular weight excluding hydrogens is 455 g/mol. The summed E-state index contributed by atoms with van der Waals surface area (Å²) in [5, 5.41) is 0. The van der Waals surface area contributed by atoms with Crippen molar-refractivity contribution in [3.8, 4) is 0 Å². The molecule has 4 heteroatoms. The molecule has 4 aromatic rings. The van der Waals surface area contributed by atoms with E-state index in [1.165, 1.54) is 27.8 Å². The Morgan fingerprint density at radius 2 is 1.00 bits per heavy atom. The number of hydrogen-bond acceptors (Lipinski definition) is 0. The van der Waals surface area contributed by atoms with Crippen molar-refractivity contribution in [3.05, 3.63) is 137 Å². The van der Waals surface area contributed by atoms with Crippen molar-refractivity contribution in [2.24, 2.45) is 0 Å². The second-order valence-electron chi connectivity index (χ2n) is 6.42. The summed E-state index contributed by atoms with van der Waals surface area (Å²) < 4.78 is 0. The average Bonchev–Trinajstić information content (AvgIpc) is 3.12. The van der Waals surface area contributed by atoms with Crippen LogP contribution in [0.3, 0.4) is 0 Å². The molecule has 4 aromatic carbocycles. The zero-order valence-corrected chi connectivity index (χ0v) is 19.6. The van der Waals surface area contributed by atoms with Gasteiger partial charge in [0.05, 0.1) is 0 Å². The third-order valence-corrected chi connectivity index (χ3v) is 4.76. The van der Waals surface area contributed by atoms with E-state index < -0.39 is 0 Å². The molecule has 0 atom stereocenters. The largest absolute Gasteiger partial charge is 4.00 e. The molecule has 0 aliphatic carbocycles. The number of hydrogen-bond donors (Lipinski definition) is 0. The van der Waals surface area contributed by atoms with Crippen LogP contribution in [0.2, 0.25) is 0 Å². The van der Waals surface area contributed by atoms with Crippen LogP contribution in [0.5, 0.6) is 0 Å². The van der Waals surface area contributed by atoms with Gasteiger partial charge in [0.2, 0.25) is 0 Å². The van der Waals surface area contributed by atoms with E-state index in [2.05, 4.69) is 109 Å². The van der Waals surface area contributed by atoms with Crippen LogP contribution in [0.15, 0.2) is 109 Å². The van der Waals surface area contributed by atoms with Crippen LogP contribution in [0.4, 0.5) is 0 Å². The minimum atomic E-state index is 0. The summed E-state index contributed by atoms with van der Waals surface area (Å²) in [6.45, 7) is 0. The summed E-state index contributed by atoms with van der Waals surface area (Å²) in [4.78, 5) is 0. The van der Waals surface area contributed by atoms with E-state index in [1.807, 2.05) is 0 Å². The maximum Gasteiger partial charge on any atom is 4.00 e. The molecule has 0 aliphatic heterocycles. The van der Waals surface area contributed by atoms with Crippen molar-refractivity contribution < 1.29 is 58.9 Å². The first kappa shape index (κ1) is 27.6. The number of rotatable bonds is 5. The molecule has 0 radical (unpaired) electrons. The second kappa shape index (κ2) is 13.8. The Kier molecular flexibility index (Phi) is 13.1. The molecular formula is C25H21Cl3Ti. The summed E-state index contributed by atoms with van der Waals surface area (Å²) in [7, 11) is 0. The summed E-state index contributed by atoms with van der Waals surface area (Å²) in [5.74, 6) is 0.274. The summed E-state index contributed by atoms with van der Waals surface area (Å²) in [5.41, 5.74) is 6.85. The van der Waals surface area contributed by atoms with Gasteiger partial charge in [-0.15, -0.1) is 5.56 Å². The van der Waals surface area contributed by atoms with Crippen molar-refractivity contribution in [1.82, 2.24) is 0 Å². The Balaban J connectivity index is 0.00000196. The molecule has 0 fully saturated rings. The molecule has 0 unspecified atom stereocenters. The smallest absolute Gasteiger partial charge is 1.00 e. The molecule has 29 heavy (non-hydrogen) atoms. The number of halogens is 3. The summed E-state index contributed by atoms with van der Waals surface area (Å²) in [6.07, 6.45) is 0.972. The predicted octanol–water partition coefficient (Wildman–Crippen LogP) is -2.81. The molecule has 0 amide bonds. The quantitative estimate of drug-likeness (QED) is 0.216. The normalized spacial score (nSPS) is 9.41. The van der Waals surface area contributed by atoms with Crippen molar-refractivity contribution in [2.45, 2.75) is 12.3 Å². The van der Waals surface area contributed by atoms with E-state index in [9.17, 15) is 0 Å². The molecule has 0 saturated carbocycles. The summed E-state index contributed by atoms with van der Waals surface area (Å²) in [6, 6.07) is 39.1. The van der Waals surface area contributed by atoms with Crippen LogP contribution in [-0.4, -0.2) is 0 Å². The van der Waals surface area contributed by atoms with Crippen LogP contribution in [0, 0.1) is 0 Å². The van der Waals surface area contributed by atoms with Gasteiger partial charge in [-0.1, -0.05) is 91.0 Å². The Morgan fingerprint density at radius 3 is 1.48 bits per heavy atom. The van der Waals surface area contributed by atoms with Crippen molar-refractivity contribution >= 4 is 0 Å². The third kappa shape index (κ3) is 6.81. The van der Waals surface area contributed by atoms with Gasteiger partial charge in [-0.3, -0.25) is 0 Å². The molecule has 0 aromatic heterocycles. The third-order valence-electron chi connectivity index (χ3n) is 4.76. The first-order valence-electron chi connectivity index (χ1n) is 8.80. The monoisotopic (exact) mass is 474 g/mol. The standard InChI is InChI=1S/C25H21.3ClH.Ti/c1-4-11-20(12-5-1)19-23-17-10-18-24(23)25(21-13-6-2-7-14-21)22-15-8-3-9-16-22;;;;/h1-18,25H,19H2;3*1H;/q-1;;;;+4/p-3. The van der Waals surface area contributed by atoms with Gasteiger partial charge >= 0.3 is 21.7 Å². The molecule has 0 saturated heterocycles. The van der Waals surface area contributed by atoms with E-state index in [-0.39, 0.29) is 64.9 Å². The van der Waals surface area contributed by atoms with E-state index in [0.29, 0.717) is 0 Å². The molecule has 0 aliphatic rings. The minimum Gasteiger partial charge on any atom is -1.00 e. The van der Waals surface area contributed by atoms with Crippen LogP contribution in [0.1, 0.15) is 33.7 Å². The van der Waals surface area contributed by atoms with Gasteiger partial charge < -0.3 is 37.2 Å². The molecule has 0 spiro atoms. The maximum atomic E-state index is 2.28. The molecule has 0 nitrogen and oxygen atoms in total. The van der Waals surface area contributed by atoms with E-state index in [1.54, 1.807) is 0 Å². The maximum absolute atomic E-state index is 2.28. The van der Waals surface area contributed by atoms with Crippen molar-refractivity contribution in [3.63, 3.8) is 0 Å². The fourth-order valence-corrected chi connectivity index (χ4v) is 3.57. The van der Waals surface area contributed by atoms with Gasteiger partial charge in [-0.25, -0.2) is 12.1 Å². The zero-order chi connectivity index (χ0) is 16.9. The SMILES string of the molecule is [Cl-].[Cl-].[Cl-].[Ti+4].c1ccc(Cc2ccc[c-]2C(c2ccccc2)c2ccccc2)cc1. The van der Waals surface area contributed by atoms with E-state index in [4.69, 9.17) is 0 Å². The van der Waals surface area contributed by atoms with Gasteiger partial charge in [0.1, 0.15) is 0 Å². The van der Waals surface area contributed by atoms with Crippen LogP contribution >= 0.6 is 0 Å². The van der Waals surface area contributed by atoms with Gasteiger partial charge in [-0.2, -0.15) is 11.6 Å². The van der Waals surface area contributed by atoms with Gasteiger partial charge in [0, 0.05) is 0 Å². The molecule has 0 N–H and O–H groups in total. The zero-order valence-electron chi connectivity index (χ0n) is 15.8. The first-order valence-corrected chi connectivity index (χ1v) is 8.80. The Hall–Kier alpha value is -1.41. The van der Waals surface area contributed by atoms with Crippen LogP contribution in [-0.2, 0) is 28.1 Å². The topological polar surface area (TPSA) is 0 Å². The van der Waals surface area contributed by atoms with Gasteiger partial charge in [-0.05, 0) is 29.0 Å². The van der Waals surface area contributed by atoms with Gasteiger partial charge in [0.15, 0.2) is 0 Å². The van der Waals surface area contributed by atoms with Crippen molar-refractivity contribution in [1.29, 1.82) is 0 Å². The van der Waals surface area contributed by atoms with E-state index >= 15 is 0 Å². The molecule has 0 bridgehead atoms. The van der Waals surface area contributed by atoms with Crippen LogP contribution < -0.4 is 37.2 Å². The van der Waals surface area contributed by atoms with Crippen molar-refractivity contribution in [2.75, 3.05) is 0 Å². The predicted molar refractivity (Wildman–Crippen MR) is 105 cm³/mol. The average molecular weight is 476 g/mol. The van der Waals surface area contributed by atoms with Crippen LogP contribution in [0.25, 0.3) is 0 Å². The molecule has 4 rings (SSSR count). The summed E-state index contributed by atoms with van der Waals surface area (Å²) >= 11 is 0. The fourth-order valence-electron chi connectivity index (χ4n) is 3.57. The van der Waals surface area contributed by atoms with Gasteiger partial charge in [0.25, 0.3) is 0 Å². The molecule has 146 valence electrons. The Bertz CT molecular complexity index is 882. The minimum absolute atomic E-state index is 0. The second-order valence-corrected chi connectivity index (χ2v) is 6.42. The fraction of sp³-hybridized carbons (Fsp3) is 0.0800.